The van der Waals surface area contributed by atoms with Gasteiger partial charge in [-0.1, -0.05) is 19.1 Å². The average Bonchev–Trinajstić information content (AvgIpc) is 2.40. The molecule has 1 atom stereocenters. The number of ketones is 1. The summed E-state index contributed by atoms with van der Waals surface area (Å²) in [6.45, 7) is 3.84. The van der Waals surface area contributed by atoms with Gasteiger partial charge in [-0.15, -0.1) is 0 Å². The van der Waals surface area contributed by atoms with E-state index in [1.54, 1.807) is 20.1 Å². The molecule has 0 saturated heterocycles. The molecule has 0 aliphatic rings. The van der Waals surface area contributed by atoms with Crippen molar-refractivity contribution >= 4 is 11.8 Å². The first kappa shape index (κ1) is 15.2. The van der Waals surface area contributed by atoms with Crippen LogP contribution < -0.4 is 4.74 Å². The van der Waals surface area contributed by atoms with Gasteiger partial charge in [0.05, 0.1) is 13.7 Å². The number of hydrogen-bond acceptors (Lipinski definition) is 4. The molecule has 4 heteroatoms. The lowest BCUT2D eigenvalue weighted by molar-refractivity contribution is -0.151. The van der Waals surface area contributed by atoms with Crippen LogP contribution in [0.3, 0.4) is 0 Å². The molecule has 0 spiro atoms. The minimum absolute atomic E-state index is 0.116. The van der Waals surface area contributed by atoms with E-state index in [1.165, 1.54) is 0 Å². The molecule has 0 amide bonds. The predicted octanol–water partition coefficient (Wildman–Crippen LogP) is 2.40. The molecule has 1 aromatic carbocycles. The van der Waals surface area contributed by atoms with Crippen LogP contribution in [0.25, 0.3) is 0 Å². The minimum atomic E-state index is -0.675. The standard InChI is InChI=1S/C15H20O4/c1-4-13(15(17)19-5-2)14(16)10-11-7-6-8-12(9-11)18-3/h6-9,13H,4-5,10H2,1-3H3. The summed E-state index contributed by atoms with van der Waals surface area (Å²) in [7, 11) is 1.58. The quantitative estimate of drug-likeness (QED) is 0.560. The SMILES string of the molecule is CCOC(=O)C(CC)C(=O)Cc1cccc(OC)c1. The lowest BCUT2D eigenvalue weighted by Crippen LogP contribution is -2.27. The highest BCUT2D eigenvalue weighted by Gasteiger charge is 2.25. The first-order valence-corrected chi connectivity index (χ1v) is 6.44. The van der Waals surface area contributed by atoms with E-state index in [1.807, 2.05) is 25.1 Å². The van der Waals surface area contributed by atoms with Gasteiger partial charge in [0.2, 0.25) is 0 Å². The molecule has 0 saturated carbocycles. The Balaban J connectivity index is 2.73. The van der Waals surface area contributed by atoms with Gasteiger partial charge in [0, 0.05) is 6.42 Å². The fourth-order valence-corrected chi connectivity index (χ4v) is 1.88. The van der Waals surface area contributed by atoms with Gasteiger partial charge in [0.25, 0.3) is 0 Å². The molecule has 1 rings (SSSR count). The Labute approximate surface area is 113 Å². The Morgan fingerprint density at radius 3 is 2.58 bits per heavy atom. The molecular formula is C15H20O4. The topological polar surface area (TPSA) is 52.6 Å². The molecule has 19 heavy (non-hydrogen) atoms. The number of carbonyl (C=O) groups is 2. The van der Waals surface area contributed by atoms with E-state index < -0.39 is 11.9 Å². The molecule has 1 unspecified atom stereocenters. The molecule has 0 radical (unpaired) electrons. The molecule has 0 aromatic heterocycles. The summed E-state index contributed by atoms with van der Waals surface area (Å²) in [5, 5.41) is 0. The number of methoxy groups -OCH3 is 1. The van der Waals surface area contributed by atoms with E-state index in [0.717, 1.165) is 5.56 Å². The number of ether oxygens (including phenoxy) is 2. The first-order chi connectivity index (χ1) is 9.12. The van der Waals surface area contributed by atoms with Crippen LogP contribution in [0.5, 0.6) is 5.75 Å². The number of carbonyl (C=O) groups excluding carboxylic acids is 2. The van der Waals surface area contributed by atoms with E-state index in [2.05, 4.69) is 0 Å². The fraction of sp³-hybridized carbons (Fsp3) is 0.467. The number of rotatable bonds is 7. The molecule has 0 heterocycles. The van der Waals surface area contributed by atoms with E-state index in [0.29, 0.717) is 18.8 Å². The number of esters is 1. The summed E-state index contributed by atoms with van der Waals surface area (Å²) in [6, 6.07) is 7.29. The Morgan fingerprint density at radius 1 is 1.26 bits per heavy atom. The van der Waals surface area contributed by atoms with Gasteiger partial charge in [0.1, 0.15) is 11.7 Å². The van der Waals surface area contributed by atoms with Crippen LogP contribution in [-0.2, 0) is 20.7 Å². The maximum absolute atomic E-state index is 12.1. The van der Waals surface area contributed by atoms with Crippen LogP contribution in [-0.4, -0.2) is 25.5 Å². The molecule has 1 aromatic rings. The number of hydrogen-bond donors (Lipinski definition) is 0. The summed E-state index contributed by atoms with van der Waals surface area (Å²) in [5.74, 6) is -0.521. The third kappa shape index (κ3) is 4.39. The summed E-state index contributed by atoms with van der Waals surface area (Å²) < 4.78 is 10.0. The monoisotopic (exact) mass is 264 g/mol. The number of benzene rings is 1. The Kier molecular flexibility index (Phi) is 6.06. The van der Waals surface area contributed by atoms with Crippen molar-refractivity contribution in [3.05, 3.63) is 29.8 Å². The largest absolute Gasteiger partial charge is 0.497 e. The Hall–Kier alpha value is -1.84. The van der Waals surface area contributed by atoms with E-state index >= 15 is 0 Å². The predicted molar refractivity (Wildman–Crippen MR) is 72.1 cm³/mol. The van der Waals surface area contributed by atoms with Crippen LogP contribution in [0.4, 0.5) is 0 Å². The maximum atomic E-state index is 12.1. The van der Waals surface area contributed by atoms with Crippen LogP contribution in [0.2, 0.25) is 0 Å². The molecule has 0 fully saturated rings. The summed E-state index contributed by atoms with van der Waals surface area (Å²) in [5.41, 5.74) is 0.840. The molecule has 0 aliphatic heterocycles. The van der Waals surface area contributed by atoms with Gasteiger partial charge in [-0.3, -0.25) is 9.59 Å². The van der Waals surface area contributed by atoms with E-state index in [4.69, 9.17) is 9.47 Å². The molecule has 4 nitrogen and oxygen atoms in total. The molecule has 0 bridgehead atoms. The zero-order valence-corrected chi connectivity index (χ0v) is 11.6. The van der Waals surface area contributed by atoms with Gasteiger partial charge >= 0.3 is 5.97 Å². The summed E-state index contributed by atoms with van der Waals surface area (Å²) >= 11 is 0. The van der Waals surface area contributed by atoms with Gasteiger partial charge in [0.15, 0.2) is 5.78 Å². The van der Waals surface area contributed by atoms with Crippen molar-refractivity contribution in [2.75, 3.05) is 13.7 Å². The second kappa shape index (κ2) is 7.56. The zero-order valence-electron chi connectivity index (χ0n) is 11.6. The molecular weight excluding hydrogens is 244 g/mol. The third-order valence-corrected chi connectivity index (χ3v) is 2.88. The van der Waals surface area contributed by atoms with Crippen LogP contribution >= 0.6 is 0 Å². The van der Waals surface area contributed by atoms with Gasteiger partial charge in [-0.25, -0.2) is 0 Å². The smallest absolute Gasteiger partial charge is 0.316 e. The fourth-order valence-electron chi connectivity index (χ4n) is 1.88. The van der Waals surface area contributed by atoms with Crippen molar-refractivity contribution in [1.29, 1.82) is 0 Å². The summed E-state index contributed by atoms with van der Waals surface area (Å²) in [6.07, 6.45) is 0.677. The van der Waals surface area contributed by atoms with Crippen molar-refractivity contribution in [3.8, 4) is 5.75 Å². The van der Waals surface area contributed by atoms with Crippen LogP contribution in [0.15, 0.2) is 24.3 Å². The van der Waals surface area contributed by atoms with Gasteiger partial charge in [-0.05, 0) is 31.0 Å². The van der Waals surface area contributed by atoms with Gasteiger partial charge in [-0.2, -0.15) is 0 Å². The highest BCUT2D eigenvalue weighted by molar-refractivity contribution is 5.99. The molecule has 104 valence electrons. The maximum Gasteiger partial charge on any atom is 0.316 e. The Bertz CT molecular complexity index is 440. The lowest BCUT2D eigenvalue weighted by atomic mass is 9.95. The first-order valence-electron chi connectivity index (χ1n) is 6.44. The van der Waals surface area contributed by atoms with Crippen LogP contribution in [0, 0.1) is 5.92 Å². The lowest BCUT2D eigenvalue weighted by Gasteiger charge is -2.12. The van der Waals surface area contributed by atoms with Crippen LogP contribution in [0.1, 0.15) is 25.8 Å². The number of Topliss-reactive ketones (excluding diaryl/α,β-unsaturated/α-hetero) is 1. The average molecular weight is 264 g/mol. The van der Waals surface area contributed by atoms with Crippen molar-refractivity contribution in [2.24, 2.45) is 5.92 Å². The second-order valence-corrected chi connectivity index (χ2v) is 4.21. The van der Waals surface area contributed by atoms with Crippen molar-refractivity contribution in [2.45, 2.75) is 26.7 Å². The van der Waals surface area contributed by atoms with E-state index in [-0.39, 0.29) is 12.2 Å². The Morgan fingerprint density at radius 2 is 2.00 bits per heavy atom. The second-order valence-electron chi connectivity index (χ2n) is 4.21. The van der Waals surface area contributed by atoms with E-state index in [9.17, 15) is 9.59 Å². The highest BCUT2D eigenvalue weighted by atomic mass is 16.5. The van der Waals surface area contributed by atoms with Crippen molar-refractivity contribution < 1.29 is 19.1 Å². The molecule has 0 N–H and O–H groups in total. The minimum Gasteiger partial charge on any atom is -0.497 e. The highest BCUT2D eigenvalue weighted by Crippen LogP contribution is 2.16. The molecule has 0 aliphatic carbocycles. The van der Waals surface area contributed by atoms with Crippen molar-refractivity contribution in [3.63, 3.8) is 0 Å². The third-order valence-electron chi connectivity index (χ3n) is 2.88. The van der Waals surface area contributed by atoms with Gasteiger partial charge < -0.3 is 9.47 Å². The normalized spacial score (nSPS) is 11.7. The summed E-state index contributed by atoms with van der Waals surface area (Å²) in [4.78, 5) is 23.8. The van der Waals surface area contributed by atoms with Crippen molar-refractivity contribution in [1.82, 2.24) is 0 Å². The zero-order chi connectivity index (χ0) is 14.3.